The first-order valence-corrected chi connectivity index (χ1v) is 10.2. The Morgan fingerprint density at radius 1 is 0.931 bits per heavy atom. The van der Waals surface area contributed by atoms with Gasteiger partial charge in [-0.2, -0.15) is 5.06 Å². The van der Waals surface area contributed by atoms with E-state index in [0.29, 0.717) is 6.54 Å². The highest BCUT2D eigenvalue weighted by Crippen LogP contribution is 2.30. The van der Waals surface area contributed by atoms with Crippen molar-refractivity contribution in [1.29, 1.82) is 0 Å². The first-order chi connectivity index (χ1) is 13.5. The van der Waals surface area contributed by atoms with Gasteiger partial charge in [-0.15, -0.1) is 0 Å². The molecule has 2 aromatic carbocycles. The van der Waals surface area contributed by atoms with Crippen molar-refractivity contribution in [2.75, 3.05) is 13.7 Å². The SMILES string of the molecule is CON(CC(Cc1c(C)cccc1C)c1c(C)cccc1C)C(=O)OC(C)(C)C. The maximum atomic E-state index is 12.7. The summed E-state index contributed by atoms with van der Waals surface area (Å²) in [5.74, 6) is 0.0865. The van der Waals surface area contributed by atoms with E-state index < -0.39 is 11.7 Å². The third kappa shape index (κ3) is 6.07. The molecule has 0 aliphatic carbocycles. The summed E-state index contributed by atoms with van der Waals surface area (Å²) in [7, 11) is 1.52. The Hall–Kier alpha value is -2.33. The highest BCUT2D eigenvalue weighted by molar-refractivity contribution is 5.67. The standard InChI is InChI=1S/C25H35NO3/c1-17-11-9-12-18(2)22(17)15-21(23-19(3)13-10-14-20(23)4)16-26(28-8)24(27)29-25(5,6)7/h9-14,21H,15-16H2,1-8H3. The van der Waals surface area contributed by atoms with E-state index in [1.54, 1.807) is 0 Å². The van der Waals surface area contributed by atoms with Crippen molar-refractivity contribution >= 4 is 6.09 Å². The van der Waals surface area contributed by atoms with Gasteiger partial charge in [0, 0.05) is 5.92 Å². The van der Waals surface area contributed by atoms with E-state index in [9.17, 15) is 4.79 Å². The van der Waals surface area contributed by atoms with Gasteiger partial charge in [0.25, 0.3) is 0 Å². The second-order valence-electron chi connectivity index (χ2n) is 8.80. The molecule has 0 aliphatic rings. The molecule has 0 saturated heterocycles. The zero-order chi connectivity index (χ0) is 21.8. The summed E-state index contributed by atoms with van der Waals surface area (Å²) < 4.78 is 5.55. The van der Waals surface area contributed by atoms with Crippen molar-refractivity contribution in [3.63, 3.8) is 0 Å². The average molecular weight is 398 g/mol. The molecule has 1 atom stereocenters. The van der Waals surface area contributed by atoms with Crippen LogP contribution in [-0.2, 0) is 16.0 Å². The van der Waals surface area contributed by atoms with Gasteiger partial charge in [-0.3, -0.25) is 4.84 Å². The number of carbonyl (C=O) groups is 1. The van der Waals surface area contributed by atoms with E-state index in [0.717, 1.165) is 6.42 Å². The number of aryl methyl sites for hydroxylation is 4. The molecule has 2 aromatic rings. The summed E-state index contributed by atoms with van der Waals surface area (Å²) in [5, 5.41) is 1.34. The Morgan fingerprint density at radius 2 is 1.41 bits per heavy atom. The molecule has 0 heterocycles. The van der Waals surface area contributed by atoms with Gasteiger partial charge in [0.2, 0.25) is 0 Å². The number of amides is 1. The van der Waals surface area contributed by atoms with E-state index in [-0.39, 0.29) is 5.92 Å². The minimum atomic E-state index is -0.575. The summed E-state index contributed by atoms with van der Waals surface area (Å²) in [6.07, 6.45) is 0.366. The van der Waals surface area contributed by atoms with Crippen LogP contribution in [0, 0.1) is 27.7 Å². The lowest BCUT2D eigenvalue weighted by Crippen LogP contribution is -2.39. The van der Waals surface area contributed by atoms with E-state index in [1.165, 1.54) is 45.6 Å². The van der Waals surface area contributed by atoms with Gasteiger partial charge in [0.15, 0.2) is 0 Å². The van der Waals surface area contributed by atoms with Crippen molar-refractivity contribution in [3.8, 4) is 0 Å². The van der Waals surface area contributed by atoms with Crippen LogP contribution in [0.2, 0.25) is 0 Å². The smallest absolute Gasteiger partial charge is 0.434 e. The summed E-state index contributed by atoms with van der Waals surface area (Å²) >= 11 is 0. The Labute approximate surface area is 175 Å². The molecular weight excluding hydrogens is 362 g/mol. The molecule has 4 heteroatoms. The highest BCUT2D eigenvalue weighted by Gasteiger charge is 2.27. The van der Waals surface area contributed by atoms with Crippen molar-refractivity contribution in [1.82, 2.24) is 5.06 Å². The zero-order valence-corrected chi connectivity index (χ0v) is 19.1. The van der Waals surface area contributed by atoms with Crippen LogP contribution in [-0.4, -0.2) is 30.4 Å². The molecular formula is C25H35NO3. The first-order valence-electron chi connectivity index (χ1n) is 10.2. The van der Waals surface area contributed by atoms with E-state index >= 15 is 0 Å². The minimum absolute atomic E-state index is 0.0865. The third-order valence-corrected chi connectivity index (χ3v) is 5.25. The predicted molar refractivity (Wildman–Crippen MR) is 118 cm³/mol. The van der Waals surface area contributed by atoms with E-state index in [1.807, 2.05) is 20.8 Å². The number of carbonyl (C=O) groups excluding carboxylic acids is 1. The molecule has 0 aromatic heterocycles. The van der Waals surface area contributed by atoms with Crippen LogP contribution in [0.1, 0.15) is 60.1 Å². The molecule has 1 amide bonds. The lowest BCUT2D eigenvalue weighted by Gasteiger charge is -2.30. The van der Waals surface area contributed by atoms with Gasteiger partial charge in [-0.25, -0.2) is 4.79 Å². The summed E-state index contributed by atoms with van der Waals surface area (Å²) in [5.41, 5.74) is 6.99. The van der Waals surface area contributed by atoms with E-state index in [4.69, 9.17) is 9.57 Å². The predicted octanol–water partition coefficient (Wildman–Crippen LogP) is 6.05. The fourth-order valence-corrected chi connectivity index (χ4v) is 3.88. The fourth-order valence-electron chi connectivity index (χ4n) is 3.88. The molecule has 158 valence electrons. The number of hydrogen-bond donors (Lipinski definition) is 0. The highest BCUT2D eigenvalue weighted by atomic mass is 16.7. The maximum Gasteiger partial charge on any atom is 0.434 e. The van der Waals surface area contributed by atoms with Crippen LogP contribution in [0.4, 0.5) is 4.79 Å². The van der Waals surface area contributed by atoms with Crippen molar-refractivity contribution in [2.45, 2.75) is 66.4 Å². The normalized spacial score (nSPS) is 12.6. The number of hydroxylamine groups is 2. The number of ether oxygens (including phenoxy) is 1. The monoisotopic (exact) mass is 397 g/mol. The second kappa shape index (κ2) is 9.45. The van der Waals surface area contributed by atoms with Gasteiger partial charge in [0.1, 0.15) is 5.60 Å². The molecule has 0 aliphatic heterocycles. The zero-order valence-electron chi connectivity index (χ0n) is 19.1. The molecule has 0 N–H and O–H groups in total. The van der Waals surface area contributed by atoms with Crippen LogP contribution in [0.25, 0.3) is 0 Å². The number of nitrogens with zero attached hydrogens (tertiary/aromatic N) is 1. The molecule has 1 unspecified atom stereocenters. The average Bonchev–Trinajstić information content (AvgIpc) is 2.60. The van der Waals surface area contributed by atoms with E-state index in [2.05, 4.69) is 64.1 Å². The van der Waals surface area contributed by atoms with Gasteiger partial charge < -0.3 is 4.74 Å². The summed E-state index contributed by atoms with van der Waals surface area (Å²) in [4.78, 5) is 18.1. The summed E-state index contributed by atoms with van der Waals surface area (Å²) in [6, 6.07) is 12.7. The molecule has 0 spiro atoms. The number of rotatable bonds is 6. The number of benzene rings is 2. The maximum absolute atomic E-state index is 12.7. The van der Waals surface area contributed by atoms with Crippen LogP contribution in [0.15, 0.2) is 36.4 Å². The van der Waals surface area contributed by atoms with Crippen LogP contribution < -0.4 is 0 Å². The Morgan fingerprint density at radius 3 is 1.86 bits per heavy atom. The molecule has 0 bridgehead atoms. The number of hydrogen-bond acceptors (Lipinski definition) is 3. The van der Waals surface area contributed by atoms with Gasteiger partial charge in [-0.05, 0) is 88.3 Å². The van der Waals surface area contributed by atoms with Crippen LogP contribution >= 0.6 is 0 Å². The minimum Gasteiger partial charge on any atom is -0.442 e. The molecule has 4 nitrogen and oxygen atoms in total. The van der Waals surface area contributed by atoms with Crippen molar-refractivity contribution < 1.29 is 14.4 Å². The lowest BCUT2D eigenvalue weighted by atomic mass is 9.84. The van der Waals surface area contributed by atoms with Gasteiger partial charge >= 0.3 is 6.09 Å². The van der Waals surface area contributed by atoms with Crippen molar-refractivity contribution in [2.24, 2.45) is 0 Å². The topological polar surface area (TPSA) is 38.8 Å². The summed E-state index contributed by atoms with van der Waals surface area (Å²) in [6.45, 7) is 14.5. The lowest BCUT2D eigenvalue weighted by molar-refractivity contribution is -0.126. The Kier molecular flexibility index (Phi) is 7.48. The molecule has 29 heavy (non-hydrogen) atoms. The van der Waals surface area contributed by atoms with Crippen molar-refractivity contribution in [3.05, 3.63) is 69.8 Å². The molecule has 0 saturated carbocycles. The second-order valence-corrected chi connectivity index (χ2v) is 8.80. The first kappa shape index (κ1) is 23.0. The van der Waals surface area contributed by atoms with Gasteiger partial charge in [-0.1, -0.05) is 36.4 Å². The largest absolute Gasteiger partial charge is 0.442 e. The quantitative estimate of drug-likeness (QED) is 0.557. The Balaban J connectivity index is 2.43. The third-order valence-electron chi connectivity index (χ3n) is 5.25. The molecule has 0 fully saturated rings. The molecule has 2 rings (SSSR count). The van der Waals surface area contributed by atoms with Gasteiger partial charge in [0.05, 0.1) is 13.7 Å². The Bertz CT molecular complexity index is 811. The van der Waals surface area contributed by atoms with Crippen LogP contribution in [0.3, 0.4) is 0 Å². The fraction of sp³-hybridized carbons (Fsp3) is 0.480. The van der Waals surface area contributed by atoms with Crippen LogP contribution in [0.5, 0.6) is 0 Å². The molecule has 0 radical (unpaired) electrons.